The molecule has 0 bridgehead atoms. The number of carbonyl (C=O) groups is 2. The van der Waals surface area contributed by atoms with Crippen molar-refractivity contribution >= 4 is 11.8 Å². The lowest BCUT2D eigenvalue weighted by atomic mass is 10.0. The van der Waals surface area contributed by atoms with Gasteiger partial charge in [0.1, 0.15) is 0 Å². The van der Waals surface area contributed by atoms with Crippen molar-refractivity contribution in [3.05, 3.63) is 23.0 Å². The Kier molecular flexibility index (Phi) is 3.06. The molecular weight excluding hydrogens is 182 g/mol. The number of aromatic nitrogens is 1. The Morgan fingerprint density at radius 2 is 2.00 bits per heavy atom. The predicted molar refractivity (Wildman–Crippen MR) is 51.5 cm³/mol. The minimum Gasteiger partial charge on any atom is -0.475 e. The molecule has 1 heterocycles. The van der Waals surface area contributed by atoms with Crippen LogP contribution in [-0.4, -0.2) is 21.8 Å². The zero-order valence-corrected chi connectivity index (χ0v) is 8.26. The highest BCUT2D eigenvalue weighted by molar-refractivity contribution is 6.39. The van der Waals surface area contributed by atoms with E-state index in [9.17, 15) is 9.59 Å². The molecule has 0 radical (unpaired) electrons. The summed E-state index contributed by atoms with van der Waals surface area (Å²) in [6.07, 6.45) is 3.17. The first kappa shape index (κ1) is 10.5. The van der Waals surface area contributed by atoms with Crippen LogP contribution in [0.3, 0.4) is 0 Å². The summed E-state index contributed by atoms with van der Waals surface area (Å²) in [6, 6.07) is 0. The highest BCUT2D eigenvalue weighted by atomic mass is 16.4. The number of H-pyrrole nitrogens is 1. The van der Waals surface area contributed by atoms with Crippen molar-refractivity contribution in [2.75, 3.05) is 0 Å². The summed E-state index contributed by atoms with van der Waals surface area (Å²) in [6.45, 7) is 3.87. The third-order valence-corrected chi connectivity index (χ3v) is 2.24. The fourth-order valence-electron chi connectivity index (χ4n) is 1.52. The van der Waals surface area contributed by atoms with E-state index in [4.69, 9.17) is 5.11 Å². The van der Waals surface area contributed by atoms with Crippen molar-refractivity contribution in [3.63, 3.8) is 0 Å². The molecule has 0 unspecified atom stereocenters. The molecule has 2 N–H and O–H groups in total. The molecule has 14 heavy (non-hydrogen) atoms. The maximum Gasteiger partial charge on any atom is 0.378 e. The van der Waals surface area contributed by atoms with E-state index in [1.54, 1.807) is 6.20 Å². The molecule has 0 aliphatic heterocycles. The highest BCUT2D eigenvalue weighted by Gasteiger charge is 2.20. The third-order valence-electron chi connectivity index (χ3n) is 2.24. The molecule has 0 amide bonds. The summed E-state index contributed by atoms with van der Waals surface area (Å²) >= 11 is 0. The molecule has 1 aromatic rings. The van der Waals surface area contributed by atoms with Crippen LogP contribution in [0.1, 0.15) is 35.5 Å². The van der Waals surface area contributed by atoms with Gasteiger partial charge in [-0.05, 0) is 24.0 Å². The van der Waals surface area contributed by atoms with Gasteiger partial charge in [-0.15, -0.1) is 0 Å². The summed E-state index contributed by atoms with van der Waals surface area (Å²) < 4.78 is 0. The molecule has 0 aliphatic carbocycles. The van der Waals surface area contributed by atoms with E-state index in [0.29, 0.717) is 6.42 Å². The van der Waals surface area contributed by atoms with Crippen LogP contribution in [0.4, 0.5) is 0 Å². The van der Waals surface area contributed by atoms with Crippen molar-refractivity contribution in [1.82, 2.24) is 4.98 Å². The van der Waals surface area contributed by atoms with Crippen molar-refractivity contribution in [2.24, 2.45) is 0 Å². The standard InChI is InChI=1S/C10H13NO3/c1-3-6-5-11-8(7(6)4-2)9(12)10(13)14/h5,11H,3-4H2,1-2H3,(H,13,14). The van der Waals surface area contributed by atoms with E-state index in [0.717, 1.165) is 17.5 Å². The van der Waals surface area contributed by atoms with E-state index in [-0.39, 0.29) is 5.69 Å². The summed E-state index contributed by atoms with van der Waals surface area (Å²) in [5.74, 6) is -2.27. The molecule has 1 aromatic heterocycles. The molecule has 76 valence electrons. The first-order valence-electron chi connectivity index (χ1n) is 4.58. The number of aliphatic carboxylic acids is 1. The fraction of sp³-hybridized carbons (Fsp3) is 0.400. The Hall–Kier alpha value is -1.58. The van der Waals surface area contributed by atoms with E-state index < -0.39 is 11.8 Å². The first-order chi connectivity index (χ1) is 6.61. The van der Waals surface area contributed by atoms with Crippen molar-refractivity contribution in [2.45, 2.75) is 26.7 Å². The molecule has 4 nitrogen and oxygen atoms in total. The molecule has 0 fully saturated rings. The molecule has 0 spiro atoms. The summed E-state index contributed by atoms with van der Waals surface area (Å²) in [4.78, 5) is 24.4. The minimum atomic E-state index is -1.41. The van der Waals surface area contributed by atoms with Crippen molar-refractivity contribution in [1.29, 1.82) is 0 Å². The number of hydrogen-bond acceptors (Lipinski definition) is 2. The molecule has 0 saturated carbocycles. The van der Waals surface area contributed by atoms with Gasteiger partial charge in [-0.25, -0.2) is 4.79 Å². The molecule has 4 heteroatoms. The Balaban J connectivity index is 3.15. The maximum atomic E-state index is 11.2. The number of carboxylic acids is 1. The second kappa shape index (κ2) is 4.09. The third kappa shape index (κ3) is 1.69. The first-order valence-corrected chi connectivity index (χ1v) is 4.58. The van der Waals surface area contributed by atoms with E-state index >= 15 is 0 Å². The molecule has 0 aromatic carbocycles. The van der Waals surface area contributed by atoms with Crippen molar-refractivity contribution in [3.8, 4) is 0 Å². The van der Waals surface area contributed by atoms with E-state index in [1.807, 2.05) is 13.8 Å². The van der Waals surface area contributed by atoms with Gasteiger partial charge in [0.2, 0.25) is 0 Å². The summed E-state index contributed by atoms with van der Waals surface area (Å²) in [7, 11) is 0. The van der Waals surface area contributed by atoms with Crippen LogP contribution in [0.5, 0.6) is 0 Å². The van der Waals surface area contributed by atoms with E-state index in [2.05, 4.69) is 4.98 Å². The summed E-state index contributed by atoms with van der Waals surface area (Å²) in [5, 5.41) is 8.57. The van der Waals surface area contributed by atoms with Gasteiger partial charge < -0.3 is 10.1 Å². The second-order valence-corrected chi connectivity index (χ2v) is 3.01. The van der Waals surface area contributed by atoms with Gasteiger partial charge in [0.15, 0.2) is 0 Å². The van der Waals surface area contributed by atoms with Crippen LogP contribution >= 0.6 is 0 Å². The Morgan fingerprint density at radius 3 is 2.43 bits per heavy atom. The molecule has 0 aliphatic rings. The van der Waals surface area contributed by atoms with Crippen LogP contribution in [0.2, 0.25) is 0 Å². The molecular formula is C10H13NO3. The smallest absolute Gasteiger partial charge is 0.378 e. The predicted octanol–water partition coefficient (Wildman–Crippen LogP) is 1.41. The van der Waals surface area contributed by atoms with Crippen molar-refractivity contribution < 1.29 is 14.7 Å². The van der Waals surface area contributed by atoms with Gasteiger partial charge in [0.05, 0.1) is 5.69 Å². The molecule has 1 rings (SSSR count). The number of nitrogens with one attached hydrogen (secondary N) is 1. The van der Waals surface area contributed by atoms with Crippen LogP contribution in [0.15, 0.2) is 6.20 Å². The zero-order chi connectivity index (χ0) is 10.7. The fourth-order valence-corrected chi connectivity index (χ4v) is 1.52. The van der Waals surface area contributed by atoms with Gasteiger partial charge in [-0.3, -0.25) is 4.79 Å². The van der Waals surface area contributed by atoms with Gasteiger partial charge in [0.25, 0.3) is 5.78 Å². The quantitative estimate of drug-likeness (QED) is 0.563. The number of ketones is 1. The number of hydrogen-bond donors (Lipinski definition) is 2. The largest absolute Gasteiger partial charge is 0.475 e. The van der Waals surface area contributed by atoms with Crippen LogP contribution in [0.25, 0.3) is 0 Å². The average molecular weight is 195 g/mol. The van der Waals surface area contributed by atoms with Crippen LogP contribution in [0, 0.1) is 0 Å². The normalized spacial score (nSPS) is 10.1. The summed E-state index contributed by atoms with van der Waals surface area (Å²) in [5.41, 5.74) is 2.05. The lowest BCUT2D eigenvalue weighted by Gasteiger charge is -1.99. The average Bonchev–Trinajstić information content (AvgIpc) is 2.58. The van der Waals surface area contributed by atoms with Crippen LogP contribution < -0.4 is 0 Å². The number of rotatable bonds is 4. The number of Topliss-reactive ketones (excluding diaryl/α,β-unsaturated/α-hetero) is 1. The number of aryl methyl sites for hydroxylation is 1. The lowest BCUT2D eigenvalue weighted by molar-refractivity contribution is -0.131. The Labute approximate surface area is 81.9 Å². The number of aromatic amines is 1. The topological polar surface area (TPSA) is 70.2 Å². The minimum absolute atomic E-state index is 0.219. The zero-order valence-electron chi connectivity index (χ0n) is 8.26. The van der Waals surface area contributed by atoms with Crippen LogP contribution in [-0.2, 0) is 17.6 Å². The Morgan fingerprint density at radius 1 is 1.36 bits per heavy atom. The van der Waals surface area contributed by atoms with Gasteiger partial charge in [-0.2, -0.15) is 0 Å². The Bertz CT molecular complexity index is 365. The second-order valence-electron chi connectivity index (χ2n) is 3.01. The molecule has 0 saturated heterocycles. The monoisotopic (exact) mass is 195 g/mol. The number of carboxylic acid groups (broad SMARTS) is 1. The highest BCUT2D eigenvalue weighted by Crippen LogP contribution is 2.16. The SMILES string of the molecule is CCc1c[nH]c(C(=O)C(=O)O)c1CC. The van der Waals surface area contributed by atoms with Gasteiger partial charge in [-0.1, -0.05) is 13.8 Å². The number of carbonyl (C=O) groups excluding carboxylic acids is 1. The van der Waals surface area contributed by atoms with E-state index in [1.165, 1.54) is 0 Å². The van der Waals surface area contributed by atoms with Gasteiger partial charge in [0, 0.05) is 6.20 Å². The molecule has 0 atom stereocenters. The maximum absolute atomic E-state index is 11.2. The van der Waals surface area contributed by atoms with Gasteiger partial charge >= 0.3 is 5.97 Å². The lowest BCUT2D eigenvalue weighted by Crippen LogP contribution is -2.15.